The number of fused-ring (bicyclic) bond motifs is 1. The Morgan fingerprint density at radius 2 is 1.74 bits per heavy atom. The normalized spacial score (nSPS) is 14.5. The van der Waals surface area contributed by atoms with Crippen LogP contribution in [0.1, 0.15) is 0 Å². The number of benzene rings is 3. The van der Waals surface area contributed by atoms with Gasteiger partial charge in [-0.3, -0.25) is 4.90 Å². The van der Waals surface area contributed by atoms with E-state index < -0.39 is 0 Å². The molecule has 1 aliphatic rings. The fraction of sp³-hybridized carbons (Fsp3) is 0.231. The summed E-state index contributed by atoms with van der Waals surface area (Å²) in [6, 6.07) is 20.6. The van der Waals surface area contributed by atoms with Crippen LogP contribution in [0.5, 0.6) is 23.0 Å². The number of ether oxygens (including phenoxy) is 2. The Morgan fingerprint density at radius 3 is 2.53 bits per heavy atom. The molecule has 0 amide bonds. The maximum Gasteiger partial charge on any atom is 0.169 e. The van der Waals surface area contributed by atoms with Gasteiger partial charge in [0.25, 0.3) is 0 Å². The minimum Gasteiger partial charge on any atom is -0.507 e. The first-order valence-electron chi connectivity index (χ1n) is 11.1. The lowest BCUT2D eigenvalue weighted by atomic mass is 10.1. The SMILES string of the molecule is Oc1cc(O)c(-c2cc3ccccc3s2)cc1Oc1ccc(SOCCN2CCOCC2)cc1. The zero-order valence-electron chi connectivity index (χ0n) is 18.5. The number of thiophene rings is 1. The average Bonchev–Trinajstić information content (AvgIpc) is 3.29. The van der Waals surface area contributed by atoms with Gasteiger partial charge < -0.3 is 23.9 Å². The number of morpholine rings is 1. The Hall–Kier alpha value is -2.75. The van der Waals surface area contributed by atoms with Crippen molar-refractivity contribution in [2.45, 2.75) is 4.90 Å². The Balaban J connectivity index is 1.22. The van der Waals surface area contributed by atoms with Crippen molar-refractivity contribution in [3.8, 4) is 33.4 Å². The second kappa shape index (κ2) is 10.7. The predicted molar refractivity (Wildman–Crippen MR) is 136 cm³/mol. The van der Waals surface area contributed by atoms with Crippen molar-refractivity contribution in [2.24, 2.45) is 0 Å². The van der Waals surface area contributed by atoms with Crippen LogP contribution in [0.4, 0.5) is 0 Å². The van der Waals surface area contributed by atoms with Gasteiger partial charge in [-0.25, -0.2) is 0 Å². The van der Waals surface area contributed by atoms with Crippen LogP contribution >= 0.6 is 23.4 Å². The van der Waals surface area contributed by atoms with Crippen LogP contribution in [0, 0.1) is 0 Å². The molecule has 0 bridgehead atoms. The van der Waals surface area contributed by atoms with Gasteiger partial charge in [0, 0.05) is 57.8 Å². The number of hydrogen-bond donors (Lipinski definition) is 2. The first-order chi connectivity index (χ1) is 16.7. The summed E-state index contributed by atoms with van der Waals surface area (Å²) in [5.41, 5.74) is 0.620. The summed E-state index contributed by atoms with van der Waals surface area (Å²) in [5, 5.41) is 21.9. The number of hydrogen-bond acceptors (Lipinski definition) is 8. The van der Waals surface area contributed by atoms with E-state index in [1.807, 2.05) is 54.6 Å². The van der Waals surface area contributed by atoms with Gasteiger partial charge in [-0.1, -0.05) is 18.2 Å². The first-order valence-corrected chi connectivity index (χ1v) is 12.6. The third-order valence-corrected chi connectivity index (χ3v) is 7.47. The van der Waals surface area contributed by atoms with Crippen molar-refractivity contribution in [3.63, 3.8) is 0 Å². The summed E-state index contributed by atoms with van der Waals surface area (Å²) >= 11 is 2.92. The summed E-state index contributed by atoms with van der Waals surface area (Å²) in [6.45, 7) is 5.02. The van der Waals surface area contributed by atoms with Crippen LogP contribution in [0.3, 0.4) is 0 Å². The van der Waals surface area contributed by atoms with Gasteiger partial charge in [0.05, 0.1) is 19.8 Å². The summed E-state index contributed by atoms with van der Waals surface area (Å²) in [7, 11) is 0. The second-order valence-corrected chi connectivity index (χ2v) is 9.88. The molecule has 0 spiro atoms. The molecule has 0 unspecified atom stereocenters. The zero-order valence-corrected chi connectivity index (χ0v) is 20.1. The quantitative estimate of drug-likeness (QED) is 0.225. The predicted octanol–water partition coefficient (Wildman–Crippen LogP) is 6.13. The van der Waals surface area contributed by atoms with E-state index in [0.717, 1.165) is 52.7 Å². The molecule has 1 aromatic heterocycles. The largest absolute Gasteiger partial charge is 0.507 e. The van der Waals surface area contributed by atoms with Crippen LogP contribution in [-0.4, -0.2) is 54.6 Å². The first kappa shape index (κ1) is 23.0. The van der Waals surface area contributed by atoms with Crippen molar-refractivity contribution in [2.75, 3.05) is 39.5 Å². The highest BCUT2D eigenvalue weighted by atomic mass is 32.2. The molecule has 176 valence electrons. The Labute approximate surface area is 206 Å². The van der Waals surface area contributed by atoms with E-state index in [2.05, 4.69) is 4.90 Å². The zero-order chi connectivity index (χ0) is 23.3. The molecule has 4 aromatic rings. The molecular weight excluding hydrogens is 470 g/mol. The van der Waals surface area contributed by atoms with E-state index >= 15 is 0 Å². The van der Waals surface area contributed by atoms with Gasteiger partial charge in [-0.05, 0) is 47.9 Å². The van der Waals surface area contributed by atoms with E-state index in [1.165, 1.54) is 18.1 Å². The summed E-state index contributed by atoms with van der Waals surface area (Å²) in [5.74, 6) is 0.762. The number of aromatic hydroxyl groups is 2. The number of phenolic OH excluding ortho intramolecular Hbond substituents is 2. The van der Waals surface area contributed by atoms with Crippen LogP contribution in [0.25, 0.3) is 20.5 Å². The lowest BCUT2D eigenvalue weighted by Crippen LogP contribution is -2.38. The third-order valence-electron chi connectivity index (χ3n) is 5.57. The molecule has 0 aliphatic carbocycles. The summed E-state index contributed by atoms with van der Waals surface area (Å²) < 4.78 is 18.2. The molecule has 1 fully saturated rings. The lowest BCUT2D eigenvalue weighted by Gasteiger charge is -2.26. The van der Waals surface area contributed by atoms with Crippen molar-refractivity contribution in [1.29, 1.82) is 0 Å². The van der Waals surface area contributed by atoms with Crippen molar-refractivity contribution in [3.05, 3.63) is 66.7 Å². The van der Waals surface area contributed by atoms with Crippen LogP contribution < -0.4 is 4.74 Å². The summed E-state index contributed by atoms with van der Waals surface area (Å²) in [4.78, 5) is 4.21. The maximum absolute atomic E-state index is 10.4. The molecule has 0 radical (unpaired) electrons. The molecule has 1 aliphatic heterocycles. The highest BCUT2D eigenvalue weighted by Crippen LogP contribution is 2.44. The monoisotopic (exact) mass is 495 g/mol. The van der Waals surface area contributed by atoms with Gasteiger partial charge in [0.15, 0.2) is 11.5 Å². The van der Waals surface area contributed by atoms with E-state index in [1.54, 1.807) is 17.4 Å². The Bertz CT molecular complexity index is 1220. The lowest BCUT2D eigenvalue weighted by molar-refractivity contribution is 0.0333. The van der Waals surface area contributed by atoms with Crippen LogP contribution in [0.15, 0.2) is 71.6 Å². The fourth-order valence-electron chi connectivity index (χ4n) is 3.74. The van der Waals surface area contributed by atoms with Gasteiger partial charge in [-0.15, -0.1) is 11.3 Å². The van der Waals surface area contributed by atoms with Crippen LogP contribution in [-0.2, 0) is 8.92 Å². The highest BCUT2D eigenvalue weighted by Gasteiger charge is 2.15. The molecule has 34 heavy (non-hydrogen) atoms. The van der Waals surface area contributed by atoms with Gasteiger partial charge >= 0.3 is 0 Å². The minimum absolute atomic E-state index is 0.0115. The van der Waals surface area contributed by atoms with Crippen molar-refractivity contribution in [1.82, 2.24) is 4.90 Å². The maximum atomic E-state index is 10.4. The van der Waals surface area contributed by atoms with Crippen molar-refractivity contribution < 1.29 is 23.9 Å². The van der Waals surface area contributed by atoms with Gasteiger partial charge in [-0.2, -0.15) is 0 Å². The smallest absolute Gasteiger partial charge is 0.169 e. The van der Waals surface area contributed by atoms with E-state index in [4.69, 9.17) is 13.7 Å². The molecule has 0 saturated carbocycles. The molecule has 1 saturated heterocycles. The average molecular weight is 496 g/mol. The highest BCUT2D eigenvalue weighted by molar-refractivity contribution is 7.94. The third kappa shape index (κ3) is 5.48. The van der Waals surface area contributed by atoms with Gasteiger partial charge in [0.1, 0.15) is 11.5 Å². The molecule has 6 nitrogen and oxygen atoms in total. The molecule has 8 heteroatoms. The molecule has 2 heterocycles. The number of rotatable bonds is 8. The Morgan fingerprint density at radius 1 is 0.941 bits per heavy atom. The number of nitrogens with zero attached hydrogens (tertiary/aromatic N) is 1. The minimum atomic E-state index is -0.118. The topological polar surface area (TPSA) is 71.4 Å². The van der Waals surface area contributed by atoms with E-state index in [9.17, 15) is 10.2 Å². The Kier molecular flexibility index (Phi) is 7.22. The van der Waals surface area contributed by atoms with Crippen LogP contribution in [0.2, 0.25) is 0 Å². The molecular formula is C26H25NO5S2. The molecule has 2 N–H and O–H groups in total. The molecule has 3 aromatic carbocycles. The fourth-order valence-corrected chi connectivity index (χ4v) is 5.37. The molecule has 5 rings (SSSR count). The summed E-state index contributed by atoms with van der Waals surface area (Å²) in [6.07, 6.45) is 0. The van der Waals surface area contributed by atoms with E-state index in [0.29, 0.717) is 17.9 Å². The standard InChI is InChI=1S/C26H25NO5S2/c28-22-17-23(29)24(16-21(22)26-15-18-3-1-2-4-25(18)33-26)32-19-5-7-20(8-6-19)34-31-14-11-27-9-12-30-13-10-27/h1-8,15-17,28-29H,9-14H2. The second-order valence-electron chi connectivity index (χ2n) is 7.92. The number of phenols is 2. The van der Waals surface area contributed by atoms with Gasteiger partial charge in [0.2, 0.25) is 0 Å². The van der Waals surface area contributed by atoms with E-state index in [-0.39, 0.29) is 17.2 Å². The molecule has 0 atom stereocenters. The van der Waals surface area contributed by atoms with Crippen molar-refractivity contribution >= 4 is 33.5 Å².